The fourth-order valence-electron chi connectivity index (χ4n) is 3.34. The van der Waals surface area contributed by atoms with Crippen LogP contribution in [-0.2, 0) is 0 Å². The molecule has 0 fully saturated rings. The van der Waals surface area contributed by atoms with Crippen LogP contribution in [-0.4, -0.2) is 44.4 Å². The Morgan fingerprint density at radius 3 is 2.03 bits per heavy atom. The minimum Gasteiger partial charge on any atom is -0.492 e. The Labute approximate surface area is 217 Å². The largest absolute Gasteiger partial charge is 0.492 e. The van der Waals surface area contributed by atoms with Crippen molar-refractivity contribution >= 4 is 23.6 Å². The zero-order valence-electron chi connectivity index (χ0n) is 21.0. The van der Waals surface area contributed by atoms with Crippen LogP contribution in [0.4, 0.5) is 16.2 Å². The van der Waals surface area contributed by atoms with E-state index in [2.05, 4.69) is 15.3 Å². The lowest BCUT2D eigenvalue weighted by atomic mass is 10.2. The van der Waals surface area contributed by atoms with Crippen LogP contribution in [0.15, 0.2) is 114 Å². The van der Waals surface area contributed by atoms with Crippen molar-refractivity contribution in [2.45, 2.75) is 0 Å². The highest BCUT2D eigenvalue weighted by Gasteiger charge is 2.16. The number of hydrazone groups is 1. The second-order valence-corrected chi connectivity index (χ2v) is 8.48. The van der Waals surface area contributed by atoms with Crippen LogP contribution in [0.25, 0.3) is 0 Å². The number of benzene rings is 4. The van der Waals surface area contributed by atoms with Gasteiger partial charge in [0.05, 0.1) is 11.9 Å². The standard InChI is InChI=1S/C30H30N4O3/c1-33(2)21-22-36-27-17-13-25(14-18-27)32-30(35)34(31-23-24-9-5-3-6-10-24)26-15-19-29(20-16-26)37-28-11-7-4-8-12-28/h3-20,23H,21-22H2,1-2H3,(H,32,35). The van der Waals surface area contributed by atoms with Crippen molar-refractivity contribution in [3.05, 3.63) is 115 Å². The van der Waals surface area contributed by atoms with Crippen molar-refractivity contribution in [1.29, 1.82) is 0 Å². The molecule has 4 aromatic carbocycles. The lowest BCUT2D eigenvalue weighted by Gasteiger charge is -2.19. The van der Waals surface area contributed by atoms with E-state index in [1.807, 2.05) is 86.9 Å². The predicted molar refractivity (Wildman–Crippen MR) is 149 cm³/mol. The molecule has 7 nitrogen and oxygen atoms in total. The Hall–Kier alpha value is -4.62. The third-order valence-electron chi connectivity index (χ3n) is 5.29. The fraction of sp³-hybridized carbons (Fsp3) is 0.133. The average molecular weight is 495 g/mol. The molecule has 0 aliphatic rings. The molecule has 0 heterocycles. The molecule has 1 N–H and O–H groups in total. The van der Waals surface area contributed by atoms with E-state index in [1.54, 1.807) is 42.6 Å². The molecule has 0 unspecified atom stereocenters. The first-order valence-electron chi connectivity index (χ1n) is 12.0. The number of likely N-dealkylation sites (N-methyl/N-ethyl adjacent to an activating group) is 1. The summed E-state index contributed by atoms with van der Waals surface area (Å²) in [5.74, 6) is 2.14. The van der Waals surface area contributed by atoms with Crippen LogP contribution >= 0.6 is 0 Å². The van der Waals surface area contributed by atoms with Crippen LogP contribution in [0.5, 0.6) is 17.2 Å². The number of urea groups is 1. The monoisotopic (exact) mass is 494 g/mol. The predicted octanol–water partition coefficient (Wildman–Crippen LogP) is 6.49. The Morgan fingerprint density at radius 2 is 1.38 bits per heavy atom. The fourth-order valence-corrected chi connectivity index (χ4v) is 3.34. The molecule has 7 heteroatoms. The number of ether oxygens (including phenoxy) is 2. The van der Waals surface area contributed by atoms with Gasteiger partial charge in [-0.25, -0.2) is 4.79 Å². The van der Waals surface area contributed by atoms with E-state index in [4.69, 9.17) is 9.47 Å². The van der Waals surface area contributed by atoms with Gasteiger partial charge in [0.15, 0.2) is 0 Å². The van der Waals surface area contributed by atoms with Crippen LogP contribution in [0.3, 0.4) is 0 Å². The number of nitrogens with one attached hydrogen (secondary N) is 1. The number of nitrogens with zero attached hydrogens (tertiary/aromatic N) is 3. The van der Waals surface area contributed by atoms with E-state index in [-0.39, 0.29) is 0 Å². The highest BCUT2D eigenvalue weighted by molar-refractivity contribution is 6.02. The number of rotatable bonds is 10. The molecule has 0 saturated heterocycles. The lowest BCUT2D eigenvalue weighted by Crippen LogP contribution is -2.30. The van der Waals surface area contributed by atoms with Gasteiger partial charge in [0.1, 0.15) is 23.9 Å². The van der Waals surface area contributed by atoms with E-state index < -0.39 is 6.03 Å². The molecule has 4 rings (SSSR count). The number of anilines is 2. The Kier molecular flexibility index (Phi) is 8.88. The normalized spacial score (nSPS) is 10.9. The van der Waals surface area contributed by atoms with Crippen LogP contribution in [0.1, 0.15) is 5.56 Å². The Morgan fingerprint density at radius 1 is 0.784 bits per heavy atom. The van der Waals surface area contributed by atoms with Gasteiger partial charge in [-0.15, -0.1) is 0 Å². The molecule has 37 heavy (non-hydrogen) atoms. The topological polar surface area (TPSA) is 66.4 Å². The SMILES string of the molecule is CN(C)CCOc1ccc(NC(=O)N(N=Cc2ccccc2)c2ccc(Oc3ccccc3)cc2)cc1. The number of hydrogen-bond donors (Lipinski definition) is 1. The molecule has 4 aromatic rings. The van der Waals surface area contributed by atoms with E-state index in [0.717, 1.165) is 23.6 Å². The van der Waals surface area contributed by atoms with E-state index in [0.29, 0.717) is 23.7 Å². The van der Waals surface area contributed by atoms with Crippen molar-refractivity contribution in [2.75, 3.05) is 37.6 Å². The molecule has 0 saturated carbocycles. The maximum absolute atomic E-state index is 13.3. The molecule has 0 bridgehead atoms. The maximum atomic E-state index is 13.3. The summed E-state index contributed by atoms with van der Waals surface area (Å²) in [7, 11) is 4.00. The number of carbonyl (C=O) groups excluding carboxylic acids is 1. The average Bonchev–Trinajstić information content (AvgIpc) is 2.92. The molecule has 0 aliphatic carbocycles. The summed E-state index contributed by atoms with van der Waals surface area (Å²) in [5, 5.41) is 8.71. The van der Waals surface area contributed by atoms with Gasteiger partial charge >= 0.3 is 6.03 Å². The van der Waals surface area contributed by atoms with Gasteiger partial charge in [0.2, 0.25) is 0 Å². The molecule has 0 radical (unpaired) electrons. The van der Waals surface area contributed by atoms with Crippen LogP contribution in [0, 0.1) is 0 Å². The van der Waals surface area contributed by atoms with Crippen molar-refractivity contribution in [2.24, 2.45) is 5.10 Å². The van der Waals surface area contributed by atoms with E-state index in [9.17, 15) is 4.79 Å². The molecule has 0 aromatic heterocycles. The summed E-state index contributed by atoms with van der Waals surface area (Å²) >= 11 is 0. The third kappa shape index (κ3) is 7.95. The minimum absolute atomic E-state index is 0.398. The van der Waals surface area contributed by atoms with Crippen molar-refractivity contribution in [3.8, 4) is 17.2 Å². The van der Waals surface area contributed by atoms with Crippen molar-refractivity contribution < 1.29 is 14.3 Å². The van der Waals surface area contributed by atoms with Gasteiger partial charge in [-0.05, 0) is 80.3 Å². The Bertz CT molecular complexity index is 1280. The summed E-state index contributed by atoms with van der Waals surface area (Å²) in [5.41, 5.74) is 2.10. The van der Waals surface area contributed by atoms with Crippen LogP contribution in [0.2, 0.25) is 0 Å². The van der Waals surface area contributed by atoms with Crippen LogP contribution < -0.4 is 19.8 Å². The smallest absolute Gasteiger partial charge is 0.347 e. The van der Waals surface area contributed by atoms with E-state index >= 15 is 0 Å². The first-order chi connectivity index (χ1) is 18.1. The minimum atomic E-state index is -0.398. The van der Waals surface area contributed by atoms with Gasteiger partial charge in [0.25, 0.3) is 0 Å². The molecular formula is C30H30N4O3. The summed E-state index contributed by atoms with van der Waals surface area (Å²) < 4.78 is 11.6. The van der Waals surface area contributed by atoms with E-state index in [1.165, 1.54) is 5.01 Å². The lowest BCUT2D eigenvalue weighted by molar-refractivity contribution is 0.257. The molecule has 188 valence electrons. The maximum Gasteiger partial charge on any atom is 0.347 e. The van der Waals surface area contributed by atoms with Gasteiger partial charge in [-0.3, -0.25) is 0 Å². The first-order valence-corrected chi connectivity index (χ1v) is 12.0. The number of amides is 2. The quantitative estimate of drug-likeness (QED) is 0.202. The van der Waals surface area contributed by atoms with Gasteiger partial charge in [0, 0.05) is 12.2 Å². The first kappa shape index (κ1) is 25.5. The molecule has 0 atom stereocenters. The molecule has 0 spiro atoms. The molecule has 0 aliphatic heterocycles. The summed E-state index contributed by atoms with van der Waals surface area (Å²) in [4.78, 5) is 15.3. The highest BCUT2D eigenvalue weighted by atomic mass is 16.5. The summed E-state index contributed by atoms with van der Waals surface area (Å²) in [6, 6.07) is 33.2. The van der Waals surface area contributed by atoms with Gasteiger partial charge in [-0.1, -0.05) is 48.5 Å². The summed E-state index contributed by atoms with van der Waals surface area (Å²) in [6.07, 6.45) is 1.65. The number of carbonyl (C=O) groups is 1. The van der Waals surface area contributed by atoms with Crippen molar-refractivity contribution in [1.82, 2.24) is 4.90 Å². The number of hydrogen-bond acceptors (Lipinski definition) is 5. The second-order valence-electron chi connectivity index (χ2n) is 8.48. The second kappa shape index (κ2) is 12.9. The highest BCUT2D eigenvalue weighted by Crippen LogP contribution is 2.25. The number of para-hydroxylation sites is 1. The van der Waals surface area contributed by atoms with Gasteiger partial charge in [-0.2, -0.15) is 10.1 Å². The Balaban J connectivity index is 1.48. The van der Waals surface area contributed by atoms with Crippen molar-refractivity contribution in [3.63, 3.8) is 0 Å². The zero-order chi connectivity index (χ0) is 25.9. The zero-order valence-corrected chi connectivity index (χ0v) is 21.0. The molecular weight excluding hydrogens is 464 g/mol. The molecule has 2 amide bonds. The summed E-state index contributed by atoms with van der Waals surface area (Å²) in [6.45, 7) is 1.41. The third-order valence-corrected chi connectivity index (χ3v) is 5.29. The van der Waals surface area contributed by atoms with Gasteiger partial charge < -0.3 is 19.7 Å².